The molecule has 6 nitrogen and oxygen atoms in total. The number of rotatable bonds is 4. The number of piperidine rings is 1. The van der Waals surface area contributed by atoms with Crippen molar-refractivity contribution in [1.82, 2.24) is 19.9 Å². The first kappa shape index (κ1) is 15.3. The van der Waals surface area contributed by atoms with Gasteiger partial charge in [-0.2, -0.15) is 15.0 Å². The predicted molar refractivity (Wildman–Crippen MR) is 82.7 cm³/mol. The van der Waals surface area contributed by atoms with Gasteiger partial charge in [-0.25, -0.2) is 0 Å². The van der Waals surface area contributed by atoms with Crippen LogP contribution >= 0.6 is 11.6 Å². The standard InChI is InChI=1S/C13H23ClN6/c1-18(2)12-15-11(14)16-13(17-12)20(4)9-10-5-7-19(3)8-6-10/h10H,5-9H2,1-4H3. The lowest BCUT2D eigenvalue weighted by atomic mass is 9.97. The van der Waals surface area contributed by atoms with E-state index in [4.69, 9.17) is 11.6 Å². The number of halogens is 1. The van der Waals surface area contributed by atoms with Gasteiger partial charge in [0, 0.05) is 27.7 Å². The first-order valence-corrected chi connectivity index (χ1v) is 7.32. The zero-order chi connectivity index (χ0) is 14.7. The van der Waals surface area contributed by atoms with Crippen LogP contribution in [0, 0.1) is 5.92 Å². The molecule has 0 aromatic carbocycles. The van der Waals surface area contributed by atoms with Crippen LogP contribution in [0.5, 0.6) is 0 Å². The third kappa shape index (κ3) is 3.93. The third-order valence-electron chi connectivity index (χ3n) is 3.70. The molecular formula is C13H23ClN6. The van der Waals surface area contributed by atoms with Crippen LogP contribution in [0.15, 0.2) is 0 Å². The molecule has 0 bridgehead atoms. The van der Waals surface area contributed by atoms with Gasteiger partial charge in [-0.3, -0.25) is 0 Å². The predicted octanol–water partition coefficient (Wildman–Crippen LogP) is 1.37. The number of hydrogen-bond donors (Lipinski definition) is 0. The van der Waals surface area contributed by atoms with Crippen molar-refractivity contribution in [3.05, 3.63) is 5.28 Å². The zero-order valence-electron chi connectivity index (χ0n) is 12.7. The van der Waals surface area contributed by atoms with Crippen molar-refractivity contribution in [3.8, 4) is 0 Å². The SMILES string of the molecule is CN1CCC(CN(C)c2nc(Cl)nc(N(C)C)n2)CC1. The fourth-order valence-electron chi connectivity index (χ4n) is 2.41. The second-order valence-corrected chi connectivity index (χ2v) is 6.06. The maximum Gasteiger partial charge on any atom is 0.231 e. The van der Waals surface area contributed by atoms with E-state index in [-0.39, 0.29) is 5.28 Å². The van der Waals surface area contributed by atoms with Crippen LogP contribution in [0.1, 0.15) is 12.8 Å². The highest BCUT2D eigenvalue weighted by Crippen LogP contribution is 2.20. The summed E-state index contributed by atoms with van der Waals surface area (Å²) in [6, 6.07) is 0. The number of nitrogens with zero attached hydrogens (tertiary/aromatic N) is 6. The van der Waals surface area contributed by atoms with E-state index in [9.17, 15) is 0 Å². The highest BCUT2D eigenvalue weighted by atomic mass is 35.5. The molecule has 2 heterocycles. The molecule has 1 saturated heterocycles. The molecule has 1 aliphatic rings. The van der Waals surface area contributed by atoms with E-state index in [1.165, 1.54) is 25.9 Å². The first-order valence-electron chi connectivity index (χ1n) is 6.94. The summed E-state index contributed by atoms with van der Waals surface area (Å²) >= 11 is 5.98. The number of anilines is 2. The molecule has 0 N–H and O–H groups in total. The van der Waals surface area contributed by atoms with E-state index < -0.39 is 0 Å². The Hall–Kier alpha value is -1.14. The molecule has 0 amide bonds. The van der Waals surface area contributed by atoms with Gasteiger partial charge in [0.2, 0.25) is 17.2 Å². The molecule has 0 atom stereocenters. The first-order chi connectivity index (χ1) is 9.45. The van der Waals surface area contributed by atoms with Crippen molar-refractivity contribution >= 4 is 23.5 Å². The molecule has 0 aliphatic carbocycles. The minimum atomic E-state index is 0.244. The van der Waals surface area contributed by atoms with Crippen molar-refractivity contribution in [2.45, 2.75) is 12.8 Å². The van der Waals surface area contributed by atoms with Crippen molar-refractivity contribution in [3.63, 3.8) is 0 Å². The third-order valence-corrected chi connectivity index (χ3v) is 3.87. The molecule has 20 heavy (non-hydrogen) atoms. The second kappa shape index (κ2) is 6.54. The molecule has 7 heteroatoms. The molecule has 1 aromatic heterocycles. The normalized spacial score (nSPS) is 17.2. The molecule has 112 valence electrons. The Labute approximate surface area is 125 Å². The van der Waals surface area contributed by atoms with Crippen LogP contribution in [-0.2, 0) is 0 Å². The average molecular weight is 299 g/mol. The number of hydrogen-bond acceptors (Lipinski definition) is 6. The van der Waals surface area contributed by atoms with Crippen LogP contribution in [0.2, 0.25) is 5.28 Å². The number of aromatic nitrogens is 3. The van der Waals surface area contributed by atoms with Gasteiger partial charge in [0.05, 0.1) is 0 Å². The van der Waals surface area contributed by atoms with Crippen molar-refractivity contribution in [2.24, 2.45) is 5.92 Å². The van der Waals surface area contributed by atoms with E-state index in [2.05, 4.69) is 31.8 Å². The van der Waals surface area contributed by atoms with Crippen molar-refractivity contribution in [2.75, 3.05) is 57.6 Å². The summed E-state index contributed by atoms with van der Waals surface area (Å²) in [5, 5.41) is 0.244. The van der Waals surface area contributed by atoms with E-state index in [0.29, 0.717) is 17.8 Å². The lowest BCUT2D eigenvalue weighted by molar-refractivity contribution is 0.222. The van der Waals surface area contributed by atoms with E-state index in [1.54, 1.807) is 0 Å². The minimum Gasteiger partial charge on any atom is -0.347 e. The molecule has 1 aliphatic heterocycles. The van der Waals surface area contributed by atoms with Gasteiger partial charge < -0.3 is 14.7 Å². The molecule has 2 rings (SSSR count). The van der Waals surface area contributed by atoms with Gasteiger partial charge in [-0.1, -0.05) is 0 Å². The minimum absolute atomic E-state index is 0.244. The monoisotopic (exact) mass is 298 g/mol. The summed E-state index contributed by atoms with van der Waals surface area (Å²) in [7, 11) is 7.98. The van der Waals surface area contributed by atoms with Gasteiger partial charge >= 0.3 is 0 Å². The zero-order valence-corrected chi connectivity index (χ0v) is 13.4. The van der Waals surface area contributed by atoms with E-state index in [1.807, 2.05) is 26.0 Å². The highest BCUT2D eigenvalue weighted by Gasteiger charge is 2.20. The van der Waals surface area contributed by atoms with Crippen molar-refractivity contribution in [1.29, 1.82) is 0 Å². The quantitative estimate of drug-likeness (QED) is 0.837. The van der Waals surface area contributed by atoms with Gasteiger partial charge in [0.15, 0.2) is 0 Å². The lowest BCUT2D eigenvalue weighted by Gasteiger charge is -2.31. The van der Waals surface area contributed by atoms with Crippen LogP contribution in [-0.4, -0.2) is 67.7 Å². The Morgan fingerprint density at radius 3 is 2.30 bits per heavy atom. The topological polar surface area (TPSA) is 48.4 Å². The summed E-state index contributed by atoms with van der Waals surface area (Å²) < 4.78 is 0. The van der Waals surface area contributed by atoms with Crippen LogP contribution < -0.4 is 9.80 Å². The maximum absolute atomic E-state index is 5.98. The van der Waals surface area contributed by atoms with Crippen LogP contribution in [0.3, 0.4) is 0 Å². The Kier molecular flexibility index (Phi) is 4.99. The Bertz CT molecular complexity index is 444. The van der Waals surface area contributed by atoms with Gasteiger partial charge in [0.1, 0.15) is 0 Å². The fourth-order valence-corrected chi connectivity index (χ4v) is 2.56. The molecular weight excluding hydrogens is 276 g/mol. The van der Waals surface area contributed by atoms with Crippen LogP contribution in [0.4, 0.5) is 11.9 Å². The van der Waals surface area contributed by atoms with E-state index >= 15 is 0 Å². The van der Waals surface area contributed by atoms with Gasteiger partial charge in [-0.05, 0) is 50.5 Å². The Morgan fingerprint density at radius 2 is 1.70 bits per heavy atom. The lowest BCUT2D eigenvalue weighted by Crippen LogP contribution is -2.36. The molecule has 0 unspecified atom stereocenters. The Morgan fingerprint density at radius 1 is 1.10 bits per heavy atom. The summed E-state index contributed by atoms with van der Waals surface area (Å²) in [4.78, 5) is 19.1. The molecule has 0 spiro atoms. The number of likely N-dealkylation sites (tertiary alicyclic amines) is 1. The van der Waals surface area contributed by atoms with Crippen molar-refractivity contribution < 1.29 is 0 Å². The summed E-state index contributed by atoms with van der Waals surface area (Å²) in [6.45, 7) is 3.29. The molecule has 1 fully saturated rings. The van der Waals surface area contributed by atoms with Crippen LogP contribution in [0.25, 0.3) is 0 Å². The fraction of sp³-hybridized carbons (Fsp3) is 0.769. The average Bonchev–Trinajstić information content (AvgIpc) is 2.40. The molecule has 0 saturated carbocycles. The Balaban J connectivity index is 2.03. The largest absolute Gasteiger partial charge is 0.347 e. The summed E-state index contributed by atoms with van der Waals surface area (Å²) in [6.07, 6.45) is 2.44. The summed E-state index contributed by atoms with van der Waals surface area (Å²) in [5.41, 5.74) is 0. The summed E-state index contributed by atoms with van der Waals surface area (Å²) in [5.74, 6) is 1.93. The second-order valence-electron chi connectivity index (χ2n) is 5.73. The van der Waals surface area contributed by atoms with E-state index in [0.717, 1.165) is 6.54 Å². The van der Waals surface area contributed by atoms with Gasteiger partial charge in [0.25, 0.3) is 0 Å². The molecule has 0 radical (unpaired) electrons. The smallest absolute Gasteiger partial charge is 0.231 e. The maximum atomic E-state index is 5.98. The van der Waals surface area contributed by atoms with Gasteiger partial charge in [-0.15, -0.1) is 0 Å². The molecule has 1 aromatic rings. The highest BCUT2D eigenvalue weighted by molar-refractivity contribution is 6.28.